The standard InChI is InChI=1S/C14H13BClFO3/c16-13-3-1-2-10(6-13)8-20-9-11-4-5-12(15(18)19)7-14(11)17/h1-7,18-19H,8-9H2. The first-order valence-corrected chi connectivity index (χ1v) is 6.40. The highest BCUT2D eigenvalue weighted by Gasteiger charge is 2.13. The molecule has 0 amide bonds. The summed E-state index contributed by atoms with van der Waals surface area (Å²) in [6.07, 6.45) is 0. The zero-order chi connectivity index (χ0) is 14.5. The van der Waals surface area contributed by atoms with Crippen LogP contribution in [0.1, 0.15) is 11.1 Å². The molecule has 0 spiro atoms. The molecule has 0 atom stereocenters. The quantitative estimate of drug-likeness (QED) is 0.828. The number of halogens is 2. The molecular weight excluding hydrogens is 281 g/mol. The Morgan fingerprint density at radius 2 is 1.90 bits per heavy atom. The maximum atomic E-state index is 13.7. The van der Waals surface area contributed by atoms with Gasteiger partial charge in [-0.05, 0) is 29.2 Å². The Labute approximate surface area is 121 Å². The molecule has 6 heteroatoms. The number of hydrogen-bond donors (Lipinski definition) is 2. The molecule has 3 nitrogen and oxygen atoms in total. The average molecular weight is 295 g/mol. The van der Waals surface area contributed by atoms with E-state index in [0.29, 0.717) is 17.2 Å². The summed E-state index contributed by atoms with van der Waals surface area (Å²) in [6, 6.07) is 11.2. The lowest BCUT2D eigenvalue weighted by atomic mass is 9.80. The summed E-state index contributed by atoms with van der Waals surface area (Å²) >= 11 is 5.85. The summed E-state index contributed by atoms with van der Waals surface area (Å²) in [5.41, 5.74) is 1.37. The van der Waals surface area contributed by atoms with Crippen molar-refractivity contribution in [3.05, 3.63) is 64.4 Å². The smallest absolute Gasteiger partial charge is 0.423 e. The molecule has 0 unspecified atom stereocenters. The SMILES string of the molecule is OB(O)c1ccc(COCc2cccc(Cl)c2)c(F)c1. The molecule has 20 heavy (non-hydrogen) atoms. The molecule has 0 aliphatic rings. The van der Waals surface area contributed by atoms with Crippen molar-refractivity contribution >= 4 is 24.2 Å². The van der Waals surface area contributed by atoms with Gasteiger partial charge in [0.2, 0.25) is 0 Å². The summed E-state index contributed by atoms with van der Waals surface area (Å²) in [5.74, 6) is -0.526. The molecule has 0 bridgehead atoms. The highest BCUT2D eigenvalue weighted by Crippen LogP contribution is 2.13. The van der Waals surface area contributed by atoms with E-state index in [1.807, 2.05) is 12.1 Å². The lowest BCUT2D eigenvalue weighted by Crippen LogP contribution is -2.30. The van der Waals surface area contributed by atoms with Crippen molar-refractivity contribution in [3.63, 3.8) is 0 Å². The van der Waals surface area contributed by atoms with E-state index in [4.69, 9.17) is 26.4 Å². The molecule has 0 aromatic heterocycles. The summed E-state index contributed by atoms with van der Waals surface area (Å²) < 4.78 is 19.1. The van der Waals surface area contributed by atoms with E-state index in [1.165, 1.54) is 12.1 Å². The minimum absolute atomic E-state index is 0.0974. The van der Waals surface area contributed by atoms with Crippen LogP contribution >= 0.6 is 11.6 Å². The van der Waals surface area contributed by atoms with E-state index < -0.39 is 12.9 Å². The van der Waals surface area contributed by atoms with E-state index in [2.05, 4.69) is 0 Å². The predicted molar refractivity (Wildman–Crippen MR) is 76.2 cm³/mol. The highest BCUT2D eigenvalue weighted by atomic mass is 35.5. The van der Waals surface area contributed by atoms with E-state index in [1.54, 1.807) is 12.1 Å². The molecule has 0 fully saturated rings. The lowest BCUT2D eigenvalue weighted by molar-refractivity contribution is 0.105. The van der Waals surface area contributed by atoms with Crippen molar-refractivity contribution in [2.75, 3.05) is 0 Å². The van der Waals surface area contributed by atoms with Crippen LogP contribution in [0.3, 0.4) is 0 Å². The van der Waals surface area contributed by atoms with E-state index in [0.717, 1.165) is 11.6 Å². The van der Waals surface area contributed by atoms with Crippen molar-refractivity contribution in [3.8, 4) is 0 Å². The minimum Gasteiger partial charge on any atom is -0.423 e. The summed E-state index contributed by atoms with van der Waals surface area (Å²) in [4.78, 5) is 0. The molecule has 2 aromatic rings. The Bertz CT molecular complexity index is 592. The van der Waals surface area contributed by atoms with Gasteiger partial charge in [0, 0.05) is 10.6 Å². The van der Waals surface area contributed by atoms with E-state index in [-0.39, 0.29) is 12.1 Å². The first-order valence-electron chi connectivity index (χ1n) is 6.03. The molecule has 104 valence electrons. The van der Waals surface area contributed by atoms with Gasteiger partial charge in [-0.1, -0.05) is 35.9 Å². The molecule has 0 aliphatic heterocycles. The van der Waals surface area contributed by atoms with Gasteiger partial charge in [-0.15, -0.1) is 0 Å². The van der Waals surface area contributed by atoms with Gasteiger partial charge in [-0.2, -0.15) is 0 Å². The van der Waals surface area contributed by atoms with Crippen molar-refractivity contribution in [1.29, 1.82) is 0 Å². The minimum atomic E-state index is -1.68. The van der Waals surface area contributed by atoms with Crippen LogP contribution in [-0.4, -0.2) is 17.2 Å². The zero-order valence-corrected chi connectivity index (χ0v) is 11.3. The molecule has 0 aliphatic carbocycles. The Balaban J connectivity index is 1.94. The lowest BCUT2D eigenvalue weighted by Gasteiger charge is -2.07. The Hall–Kier alpha value is -1.40. The fourth-order valence-electron chi connectivity index (χ4n) is 1.75. The molecule has 0 saturated heterocycles. The Kier molecular flexibility index (Phi) is 5.14. The second-order valence-electron chi connectivity index (χ2n) is 4.35. The molecule has 0 radical (unpaired) electrons. The molecule has 2 N–H and O–H groups in total. The van der Waals surface area contributed by atoms with Gasteiger partial charge < -0.3 is 14.8 Å². The highest BCUT2D eigenvalue weighted by molar-refractivity contribution is 6.58. The number of ether oxygens (including phenoxy) is 1. The van der Waals surface area contributed by atoms with Gasteiger partial charge in [-0.25, -0.2) is 4.39 Å². The second-order valence-corrected chi connectivity index (χ2v) is 4.78. The number of hydrogen-bond acceptors (Lipinski definition) is 3. The maximum Gasteiger partial charge on any atom is 0.488 e. The topological polar surface area (TPSA) is 49.7 Å². The van der Waals surface area contributed by atoms with Crippen molar-refractivity contribution in [2.45, 2.75) is 13.2 Å². The van der Waals surface area contributed by atoms with Gasteiger partial charge in [0.05, 0.1) is 13.2 Å². The van der Waals surface area contributed by atoms with Crippen LogP contribution in [0.5, 0.6) is 0 Å². The first-order chi connectivity index (χ1) is 9.56. The summed E-state index contributed by atoms with van der Waals surface area (Å²) in [7, 11) is -1.68. The largest absolute Gasteiger partial charge is 0.488 e. The van der Waals surface area contributed by atoms with Crippen LogP contribution in [0.25, 0.3) is 0 Å². The third kappa shape index (κ3) is 4.05. The first kappa shape index (κ1) is 15.0. The van der Waals surface area contributed by atoms with Crippen molar-refractivity contribution in [2.24, 2.45) is 0 Å². The van der Waals surface area contributed by atoms with Gasteiger partial charge in [0.25, 0.3) is 0 Å². The van der Waals surface area contributed by atoms with Gasteiger partial charge >= 0.3 is 7.12 Å². The van der Waals surface area contributed by atoms with Gasteiger partial charge in [-0.3, -0.25) is 0 Å². The third-order valence-electron chi connectivity index (χ3n) is 2.79. The molecule has 0 saturated carbocycles. The fourth-order valence-corrected chi connectivity index (χ4v) is 1.96. The predicted octanol–water partition coefficient (Wildman–Crippen LogP) is 1.88. The van der Waals surface area contributed by atoms with E-state index >= 15 is 0 Å². The van der Waals surface area contributed by atoms with Crippen LogP contribution in [0.4, 0.5) is 4.39 Å². The van der Waals surface area contributed by atoms with Gasteiger partial charge in [0.15, 0.2) is 0 Å². The zero-order valence-electron chi connectivity index (χ0n) is 10.6. The molecular formula is C14H13BClFO3. The van der Waals surface area contributed by atoms with Crippen LogP contribution < -0.4 is 5.46 Å². The van der Waals surface area contributed by atoms with Crippen LogP contribution in [0.15, 0.2) is 42.5 Å². The summed E-state index contributed by atoms with van der Waals surface area (Å²) in [5, 5.41) is 18.5. The number of rotatable bonds is 5. The van der Waals surface area contributed by atoms with Crippen molar-refractivity contribution in [1.82, 2.24) is 0 Å². The maximum absolute atomic E-state index is 13.7. The van der Waals surface area contributed by atoms with E-state index in [9.17, 15) is 4.39 Å². The monoisotopic (exact) mass is 294 g/mol. The average Bonchev–Trinajstić information content (AvgIpc) is 2.40. The van der Waals surface area contributed by atoms with Crippen LogP contribution in [0, 0.1) is 5.82 Å². The fraction of sp³-hybridized carbons (Fsp3) is 0.143. The number of benzene rings is 2. The normalized spacial score (nSPS) is 10.6. The Morgan fingerprint density at radius 3 is 2.55 bits per heavy atom. The van der Waals surface area contributed by atoms with Gasteiger partial charge in [0.1, 0.15) is 5.82 Å². The molecule has 0 heterocycles. The van der Waals surface area contributed by atoms with Crippen molar-refractivity contribution < 1.29 is 19.2 Å². The van der Waals surface area contributed by atoms with Crippen LogP contribution in [0.2, 0.25) is 5.02 Å². The molecule has 2 aromatic carbocycles. The third-order valence-corrected chi connectivity index (χ3v) is 3.03. The second kappa shape index (κ2) is 6.86. The van der Waals surface area contributed by atoms with Crippen LogP contribution in [-0.2, 0) is 18.0 Å². The Morgan fingerprint density at radius 1 is 1.10 bits per heavy atom. The summed E-state index contributed by atoms with van der Waals surface area (Å²) in [6.45, 7) is 0.421. The molecule has 2 rings (SSSR count).